The maximum absolute atomic E-state index is 12.6. The highest BCUT2D eigenvalue weighted by Gasteiger charge is 2.22. The number of aromatic amines is 2. The number of fused-ring (bicyclic) bond motifs is 1. The molecule has 1 aliphatic rings. The zero-order chi connectivity index (χ0) is 24.9. The van der Waals surface area contributed by atoms with Gasteiger partial charge in [0.2, 0.25) is 5.91 Å². The van der Waals surface area contributed by atoms with Gasteiger partial charge in [0.15, 0.2) is 5.82 Å². The third-order valence-electron chi connectivity index (χ3n) is 6.83. The van der Waals surface area contributed by atoms with Gasteiger partial charge in [0.05, 0.1) is 18.1 Å². The van der Waals surface area contributed by atoms with Crippen LogP contribution in [0.1, 0.15) is 61.8 Å². The van der Waals surface area contributed by atoms with Crippen LogP contribution < -0.4 is 16.4 Å². The number of halogens is 1. The number of thiazole rings is 1. The molecular formula is C25H31ClN8OS. The summed E-state index contributed by atoms with van der Waals surface area (Å²) in [6.45, 7) is 1.35. The van der Waals surface area contributed by atoms with Crippen molar-refractivity contribution < 1.29 is 4.79 Å². The van der Waals surface area contributed by atoms with E-state index in [0.29, 0.717) is 42.0 Å². The van der Waals surface area contributed by atoms with E-state index in [1.807, 2.05) is 23.6 Å². The van der Waals surface area contributed by atoms with Crippen molar-refractivity contribution in [3.05, 3.63) is 45.8 Å². The van der Waals surface area contributed by atoms with Crippen molar-refractivity contribution in [3.63, 3.8) is 0 Å². The van der Waals surface area contributed by atoms with Crippen LogP contribution in [0.25, 0.3) is 22.2 Å². The van der Waals surface area contributed by atoms with E-state index in [1.165, 1.54) is 43.4 Å². The van der Waals surface area contributed by atoms with Crippen molar-refractivity contribution in [3.8, 4) is 11.3 Å². The minimum Gasteiger partial charge on any atom is -0.382 e. The molecule has 3 heterocycles. The molecule has 3 aromatic heterocycles. The van der Waals surface area contributed by atoms with Crippen molar-refractivity contribution in [2.24, 2.45) is 5.92 Å². The SMILES string of the molecule is Nc1n[nH]c2cc(-c3nc(C(CCC(=O)NCc4nccs4)NCC4CCCCC4)[nH]c3Cl)ccc12. The maximum Gasteiger partial charge on any atom is 0.220 e. The molecular weight excluding hydrogens is 496 g/mol. The van der Waals surface area contributed by atoms with Gasteiger partial charge in [-0.2, -0.15) is 5.10 Å². The molecule has 1 fully saturated rings. The lowest BCUT2D eigenvalue weighted by Gasteiger charge is -2.25. The van der Waals surface area contributed by atoms with Crippen LogP contribution in [0.2, 0.25) is 5.15 Å². The third-order valence-corrected chi connectivity index (χ3v) is 7.88. The average molecular weight is 527 g/mol. The Kier molecular flexibility index (Phi) is 7.84. The fourth-order valence-electron chi connectivity index (χ4n) is 4.83. The molecule has 5 rings (SSSR count). The van der Waals surface area contributed by atoms with E-state index >= 15 is 0 Å². The highest BCUT2D eigenvalue weighted by molar-refractivity contribution is 7.09. The minimum absolute atomic E-state index is 0.00479. The predicted molar refractivity (Wildman–Crippen MR) is 144 cm³/mol. The number of nitrogens with one attached hydrogen (secondary N) is 4. The average Bonchev–Trinajstić information content (AvgIpc) is 3.64. The van der Waals surface area contributed by atoms with Crippen molar-refractivity contribution in [2.75, 3.05) is 12.3 Å². The van der Waals surface area contributed by atoms with Gasteiger partial charge in [-0.1, -0.05) is 36.9 Å². The Bertz CT molecular complexity index is 1290. The monoisotopic (exact) mass is 526 g/mol. The number of aromatic nitrogens is 5. The number of nitrogens with two attached hydrogens (primary N) is 1. The minimum atomic E-state index is -0.115. The fraction of sp³-hybridized carbons (Fsp3) is 0.440. The molecule has 1 unspecified atom stereocenters. The standard InChI is InChI=1S/C25H31ClN8OS/c26-23-22(16-6-7-17-19(12-16)33-34-24(17)27)31-25(32-23)18(29-13-15-4-2-1-3-5-15)8-9-20(35)30-14-21-28-10-11-36-21/h6-7,10-12,15,18,29H,1-5,8-9,13-14H2,(H,30,35)(H,31,32)(H3,27,33,34). The summed E-state index contributed by atoms with van der Waals surface area (Å²) in [5, 5.41) is 17.8. The van der Waals surface area contributed by atoms with Crippen LogP contribution in [0.4, 0.5) is 5.82 Å². The Morgan fingerprint density at radius 1 is 1.28 bits per heavy atom. The van der Waals surface area contributed by atoms with Crippen LogP contribution in [-0.2, 0) is 11.3 Å². The van der Waals surface area contributed by atoms with E-state index in [-0.39, 0.29) is 11.9 Å². The number of anilines is 1. The Morgan fingerprint density at radius 3 is 2.94 bits per heavy atom. The molecule has 1 aromatic carbocycles. The quantitative estimate of drug-likeness (QED) is 0.198. The summed E-state index contributed by atoms with van der Waals surface area (Å²) in [6.07, 6.45) is 9.10. The Morgan fingerprint density at radius 2 is 2.14 bits per heavy atom. The first kappa shape index (κ1) is 24.7. The van der Waals surface area contributed by atoms with Gasteiger partial charge in [0.1, 0.15) is 21.7 Å². The summed E-state index contributed by atoms with van der Waals surface area (Å²) >= 11 is 8.15. The molecule has 0 saturated heterocycles. The van der Waals surface area contributed by atoms with E-state index < -0.39 is 0 Å². The third kappa shape index (κ3) is 5.88. The number of carbonyl (C=O) groups excluding carboxylic acids is 1. The molecule has 36 heavy (non-hydrogen) atoms. The van der Waals surface area contributed by atoms with Gasteiger partial charge in [-0.15, -0.1) is 11.3 Å². The van der Waals surface area contributed by atoms with E-state index in [2.05, 4.69) is 30.8 Å². The summed E-state index contributed by atoms with van der Waals surface area (Å²) in [5.41, 5.74) is 8.27. The lowest BCUT2D eigenvalue weighted by Crippen LogP contribution is -2.31. The normalized spacial score (nSPS) is 15.4. The second-order valence-electron chi connectivity index (χ2n) is 9.36. The molecule has 1 amide bonds. The zero-order valence-electron chi connectivity index (χ0n) is 20.0. The smallest absolute Gasteiger partial charge is 0.220 e. The topological polar surface area (TPSA) is 137 Å². The molecule has 0 radical (unpaired) electrons. The van der Waals surface area contributed by atoms with Crippen molar-refractivity contribution in [1.29, 1.82) is 0 Å². The lowest BCUT2D eigenvalue weighted by atomic mass is 9.89. The van der Waals surface area contributed by atoms with Gasteiger partial charge in [-0.05, 0) is 43.9 Å². The predicted octanol–water partition coefficient (Wildman–Crippen LogP) is 4.95. The number of nitrogen functional groups attached to an aromatic ring is 1. The molecule has 11 heteroatoms. The van der Waals surface area contributed by atoms with E-state index in [9.17, 15) is 4.79 Å². The summed E-state index contributed by atoms with van der Waals surface area (Å²) in [7, 11) is 0. The lowest BCUT2D eigenvalue weighted by molar-refractivity contribution is -0.121. The van der Waals surface area contributed by atoms with E-state index in [4.69, 9.17) is 22.3 Å². The Labute approximate surface area is 218 Å². The summed E-state index contributed by atoms with van der Waals surface area (Å²) in [6, 6.07) is 5.69. The van der Waals surface area contributed by atoms with Crippen LogP contribution in [0.15, 0.2) is 29.8 Å². The van der Waals surface area contributed by atoms with Gasteiger partial charge < -0.3 is 21.4 Å². The van der Waals surface area contributed by atoms with Crippen LogP contribution >= 0.6 is 22.9 Å². The number of hydrogen-bond donors (Lipinski definition) is 5. The number of hydrogen-bond acceptors (Lipinski definition) is 7. The fourth-order valence-corrected chi connectivity index (χ4v) is 5.63. The number of amides is 1. The van der Waals surface area contributed by atoms with E-state index in [1.54, 1.807) is 6.20 Å². The first-order valence-corrected chi connectivity index (χ1v) is 13.7. The van der Waals surface area contributed by atoms with Gasteiger partial charge in [-0.25, -0.2) is 9.97 Å². The molecule has 1 aliphatic carbocycles. The number of carbonyl (C=O) groups is 1. The highest BCUT2D eigenvalue weighted by atomic mass is 35.5. The van der Waals surface area contributed by atoms with Crippen LogP contribution in [-0.4, -0.2) is 37.6 Å². The van der Waals surface area contributed by atoms with Gasteiger partial charge >= 0.3 is 0 Å². The second kappa shape index (κ2) is 11.4. The van der Waals surface area contributed by atoms with E-state index in [0.717, 1.165) is 33.8 Å². The molecule has 0 spiro atoms. The number of rotatable bonds is 10. The molecule has 4 aromatic rings. The summed E-state index contributed by atoms with van der Waals surface area (Å²) in [5.74, 6) is 1.85. The molecule has 1 atom stereocenters. The van der Waals surface area contributed by atoms with Crippen LogP contribution in [0.3, 0.4) is 0 Å². The molecule has 0 bridgehead atoms. The highest BCUT2D eigenvalue weighted by Crippen LogP contribution is 2.32. The Balaban J connectivity index is 1.30. The summed E-state index contributed by atoms with van der Waals surface area (Å²) in [4.78, 5) is 24.9. The number of H-pyrrole nitrogens is 2. The van der Waals surface area contributed by atoms with Gasteiger partial charge in [-0.3, -0.25) is 9.89 Å². The molecule has 9 nitrogen and oxygen atoms in total. The van der Waals surface area contributed by atoms with Crippen LogP contribution in [0, 0.1) is 5.92 Å². The zero-order valence-corrected chi connectivity index (χ0v) is 21.6. The Hall–Kier alpha value is -2.95. The molecule has 190 valence electrons. The van der Waals surface area contributed by atoms with Crippen molar-refractivity contribution >= 4 is 45.6 Å². The maximum atomic E-state index is 12.6. The number of nitrogens with zero attached hydrogens (tertiary/aromatic N) is 3. The number of imidazole rings is 1. The first-order valence-electron chi connectivity index (χ1n) is 12.4. The molecule has 1 saturated carbocycles. The largest absolute Gasteiger partial charge is 0.382 e. The molecule has 0 aliphatic heterocycles. The number of benzene rings is 1. The van der Waals surface area contributed by atoms with Gasteiger partial charge in [0, 0.05) is 28.9 Å². The van der Waals surface area contributed by atoms with Gasteiger partial charge in [0.25, 0.3) is 0 Å². The summed E-state index contributed by atoms with van der Waals surface area (Å²) < 4.78 is 0. The first-order chi connectivity index (χ1) is 17.6. The molecule has 6 N–H and O–H groups in total. The second-order valence-corrected chi connectivity index (χ2v) is 10.7. The van der Waals surface area contributed by atoms with Crippen molar-refractivity contribution in [2.45, 2.75) is 57.5 Å². The van der Waals surface area contributed by atoms with Crippen molar-refractivity contribution in [1.82, 2.24) is 35.8 Å². The van der Waals surface area contributed by atoms with Crippen LogP contribution in [0.5, 0.6) is 0 Å².